The molecule has 0 aromatic heterocycles. The predicted molar refractivity (Wildman–Crippen MR) is 64.2 cm³/mol. The fraction of sp³-hybridized carbons (Fsp3) is 0.462. The van der Waals surface area contributed by atoms with Crippen LogP contribution in [0.5, 0.6) is 0 Å². The lowest BCUT2D eigenvalue weighted by Crippen LogP contribution is -2.28. The molecule has 0 amide bonds. The molecule has 4 heteroatoms. The van der Waals surface area contributed by atoms with Crippen molar-refractivity contribution in [2.45, 2.75) is 35.8 Å². The Morgan fingerprint density at radius 3 is 2.82 bits per heavy atom. The maximum atomic E-state index is 13.1. The number of hydrogen-bond acceptors (Lipinski definition) is 2. The Morgan fingerprint density at radius 1 is 1.35 bits per heavy atom. The SMILES string of the molecule is N#CC1CCCCC1S(=O)c1cccc(F)c1. The Labute approximate surface area is 103 Å². The van der Waals surface area contributed by atoms with Crippen LogP contribution in [0, 0.1) is 23.1 Å². The smallest absolute Gasteiger partial charge is 0.124 e. The molecule has 0 saturated heterocycles. The van der Waals surface area contributed by atoms with Crippen molar-refractivity contribution < 1.29 is 8.60 Å². The van der Waals surface area contributed by atoms with Crippen molar-refractivity contribution in [1.82, 2.24) is 0 Å². The maximum absolute atomic E-state index is 13.1. The second-order valence-corrected chi connectivity index (χ2v) is 5.99. The van der Waals surface area contributed by atoms with Gasteiger partial charge in [0.1, 0.15) is 5.82 Å². The van der Waals surface area contributed by atoms with E-state index in [9.17, 15) is 8.60 Å². The summed E-state index contributed by atoms with van der Waals surface area (Å²) in [6, 6.07) is 8.10. The highest BCUT2D eigenvalue weighted by molar-refractivity contribution is 7.85. The first-order valence-corrected chi connectivity index (χ1v) is 6.99. The second kappa shape index (κ2) is 5.42. The minimum absolute atomic E-state index is 0.143. The number of benzene rings is 1. The van der Waals surface area contributed by atoms with Crippen LogP contribution in [0.4, 0.5) is 4.39 Å². The molecule has 0 aliphatic heterocycles. The third kappa shape index (κ3) is 2.73. The molecule has 2 nitrogen and oxygen atoms in total. The average molecular weight is 251 g/mol. The third-order valence-corrected chi connectivity index (χ3v) is 5.00. The monoisotopic (exact) mass is 251 g/mol. The first-order valence-electron chi connectivity index (χ1n) is 5.78. The van der Waals surface area contributed by atoms with Gasteiger partial charge in [-0.1, -0.05) is 18.9 Å². The molecule has 0 radical (unpaired) electrons. The van der Waals surface area contributed by atoms with Crippen LogP contribution in [0.15, 0.2) is 29.2 Å². The molecule has 1 aromatic rings. The molecule has 17 heavy (non-hydrogen) atoms. The zero-order valence-corrected chi connectivity index (χ0v) is 10.3. The van der Waals surface area contributed by atoms with Gasteiger partial charge in [-0.25, -0.2) is 4.39 Å². The number of nitriles is 1. The number of hydrogen-bond donors (Lipinski definition) is 0. The van der Waals surface area contributed by atoms with E-state index in [0.717, 1.165) is 25.7 Å². The summed E-state index contributed by atoms with van der Waals surface area (Å²) in [6.45, 7) is 0. The first kappa shape index (κ1) is 12.3. The van der Waals surface area contributed by atoms with Crippen LogP contribution in [0.3, 0.4) is 0 Å². The van der Waals surface area contributed by atoms with Gasteiger partial charge in [-0.05, 0) is 31.0 Å². The molecule has 90 valence electrons. The molecule has 0 heterocycles. The summed E-state index contributed by atoms with van der Waals surface area (Å²) in [5, 5.41) is 8.91. The van der Waals surface area contributed by atoms with Crippen LogP contribution in [-0.2, 0) is 10.8 Å². The van der Waals surface area contributed by atoms with Crippen molar-refractivity contribution in [3.05, 3.63) is 30.1 Å². The van der Waals surface area contributed by atoms with Gasteiger partial charge in [0.25, 0.3) is 0 Å². The van der Waals surface area contributed by atoms with Gasteiger partial charge in [0.05, 0.1) is 28.0 Å². The fourth-order valence-corrected chi connectivity index (χ4v) is 3.93. The topological polar surface area (TPSA) is 40.9 Å². The summed E-state index contributed by atoms with van der Waals surface area (Å²) in [7, 11) is -1.27. The Hall–Kier alpha value is -1.21. The van der Waals surface area contributed by atoms with E-state index in [1.807, 2.05) is 0 Å². The Bertz CT molecular complexity index is 469. The van der Waals surface area contributed by atoms with Crippen molar-refractivity contribution >= 4 is 10.8 Å². The molecular formula is C13H14FNOS. The molecule has 0 spiro atoms. The normalized spacial score (nSPS) is 26.1. The summed E-state index contributed by atoms with van der Waals surface area (Å²) in [5.74, 6) is -0.534. The van der Waals surface area contributed by atoms with E-state index < -0.39 is 10.8 Å². The van der Waals surface area contributed by atoms with Crippen molar-refractivity contribution in [3.63, 3.8) is 0 Å². The standard InChI is InChI=1S/C13H14FNOS/c14-11-5-3-6-12(8-11)17(16)13-7-2-1-4-10(13)9-15/h3,5-6,8,10,13H,1-2,4,7H2. The average Bonchev–Trinajstić information content (AvgIpc) is 2.38. The van der Waals surface area contributed by atoms with Crippen LogP contribution in [0.1, 0.15) is 25.7 Å². The number of nitrogens with zero attached hydrogens (tertiary/aromatic N) is 1. The van der Waals surface area contributed by atoms with Crippen LogP contribution in [0.2, 0.25) is 0 Å². The van der Waals surface area contributed by atoms with E-state index >= 15 is 0 Å². The van der Waals surface area contributed by atoms with Crippen LogP contribution in [0.25, 0.3) is 0 Å². The molecule has 0 bridgehead atoms. The van der Waals surface area contributed by atoms with E-state index in [4.69, 9.17) is 5.26 Å². The molecular weight excluding hydrogens is 237 g/mol. The zero-order chi connectivity index (χ0) is 12.3. The van der Waals surface area contributed by atoms with Gasteiger partial charge in [-0.15, -0.1) is 0 Å². The minimum atomic E-state index is -1.27. The highest BCUT2D eigenvalue weighted by Crippen LogP contribution is 2.30. The Morgan fingerprint density at radius 2 is 2.12 bits per heavy atom. The molecule has 3 unspecified atom stereocenters. The fourth-order valence-electron chi connectivity index (χ4n) is 2.27. The van der Waals surface area contributed by atoms with Gasteiger partial charge in [-0.2, -0.15) is 5.26 Å². The van der Waals surface area contributed by atoms with Crippen molar-refractivity contribution in [1.29, 1.82) is 5.26 Å². The predicted octanol–water partition coefficient (Wildman–Crippen LogP) is 3.02. The van der Waals surface area contributed by atoms with Gasteiger partial charge in [0.15, 0.2) is 0 Å². The summed E-state index contributed by atoms with van der Waals surface area (Å²) in [5.41, 5.74) is 0. The number of rotatable bonds is 2. The maximum Gasteiger partial charge on any atom is 0.124 e. The molecule has 1 saturated carbocycles. The molecule has 0 N–H and O–H groups in total. The number of halogens is 1. The van der Waals surface area contributed by atoms with Crippen LogP contribution in [-0.4, -0.2) is 9.46 Å². The quantitative estimate of drug-likeness (QED) is 0.810. The lowest BCUT2D eigenvalue weighted by atomic mass is 9.90. The summed E-state index contributed by atoms with van der Waals surface area (Å²) in [4.78, 5) is 0.497. The van der Waals surface area contributed by atoms with Gasteiger partial charge in [-0.3, -0.25) is 4.21 Å². The molecule has 3 atom stereocenters. The van der Waals surface area contributed by atoms with E-state index in [1.165, 1.54) is 12.1 Å². The van der Waals surface area contributed by atoms with E-state index in [2.05, 4.69) is 6.07 Å². The van der Waals surface area contributed by atoms with Gasteiger partial charge in [0, 0.05) is 4.90 Å². The van der Waals surface area contributed by atoms with E-state index in [-0.39, 0.29) is 17.0 Å². The molecule has 1 aliphatic rings. The lowest BCUT2D eigenvalue weighted by molar-refractivity contribution is 0.431. The van der Waals surface area contributed by atoms with Gasteiger partial charge < -0.3 is 0 Å². The highest BCUT2D eigenvalue weighted by Gasteiger charge is 2.30. The Balaban J connectivity index is 2.22. The van der Waals surface area contributed by atoms with Crippen LogP contribution < -0.4 is 0 Å². The van der Waals surface area contributed by atoms with Gasteiger partial charge >= 0.3 is 0 Å². The highest BCUT2D eigenvalue weighted by atomic mass is 32.2. The van der Waals surface area contributed by atoms with E-state index in [0.29, 0.717) is 4.90 Å². The summed E-state index contributed by atoms with van der Waals surface area (Å²) in [6.07, 6.45) is 3.63. The zero-order valence-electron chi connectivity index (χ0n) is 9.43. The third-order valence-electron chi connectivity index (χ3n) is 3.17. The largest absolute Gasteiger partial charge is 0.254 e. The molecule has 1 aliphatic carbocycles. The summed E-state index contributed by atoms with van der Waals surface area (Å²) < 4.78 is 25.4. The molecule has 2 rings (SSSR count). The Kier molecular flexibility index (Phi) is 3.90. The second-order valence-electron chi connectivity index (χ2n) is 4.31. The molecule has 1 aromatic carbocycles. The van der Waals surface area contributed by atoms with Crippen LogP contribution >= 0.6 is 0 Å². The molecule has 1 fully saturated rings. The first-order chi connectivity index (χ1) is 8.22. The summed E-state index contributed by atoms with van der Waals surface area (Å²) >= 11 is 0. The van der Waals surface area contributed by atoms with Crippen molar-refractivity contribution in [2.24, 2.45) is 5.92 Å². The lowest BCUT2D eigenvalue weighted by Gasteiger charge is -2.25. The van der Waals surface area contributed by atoms with E-state index in [1.54, 1.807) is 12.1 Å². The van der Waals surface area contributed by atoms with Gasteiger partial charge in [0.2, 0.25) is 0 Å². The van der Waals surface area contributed by atoms with Crippen molar-refractivity contribution in [2.75, 3.05) is 0 Å². The van der Waals surface area contributed by atoms with Crippen molar-refractivity contribution in [3.8, 4) is 6.07 Å². The minimum Gasteiger partial charge on any atom is -0.254 e.